The molecule has 2 atom stereocenters. The first-order valence-corrected chi connectivity index (χ1v) is 11.0. The van der Waals surface area contributed by atoms with E-state index in [9.17, 15) is 19.2 Å². The van der Waals surface area contributed by atoms with E-state index < -0.39 is 30.4 Å². The molecule has 1 aromatic rings. The van der Waals surface area contributed by atoms with Gasteiger partial charge in [-0.2, -0.15) is 0 Å². The van der Waals surface area contributed by atoms with Gasteiger partial charge in [-0.25, -0.2) is 9.59 Å². The third-order valence-corrected chi connectivity index (χ3v) is 4.05. The van der Waals surface area contributed by atoms with Crippen LogP contribution >= 0.6 is 0 Å². The number of nitrogens with two attached hydrogens (primary N) is 1. The molecular formula is C23H33NO10. The van der Waals surface area contributed by atoms with Gasteiger partial charge in [0.15, 0.2) is 11.5 Å². The number of carbonyl (C=O) groups excluding carboxylic acids is 4. The van der Waals surface area contributed by atoms with Gasteiger partial charge >= 0.3 is 24.2 Å². The van der Waals surface area contributed by atoms with Gasteiger partial charge in [-0.1, -0.05) is 19.9 Å². The van der Waals surface area contributed by atoms with Crippen LogP contribution in [0, 0.1) is 5.92 Å². The number of benzene rings is 1. The Hall–Kier alpha value is -3.34. The van der Waals surface area contributed by atoms with Gasteiger partial charge in [0.25, 0.3) is 0 Å². The second-order valence-corrected chi connectivity index (χ2v) is 7.69. The van der Waals surface area contributed by atoms with Gasteiger partial charge in [0.05, 0.1) is 13.2 Å². The number of esters is 2. The Labute approximate surface area is 198 Å². The Morgan fingerprint density at radius 3 is 2.03 bits per heavy atom. The lowest BCUT2D eigenvalue weighted by atomic mass is 10.1. The molecule has 0 spiro atoms. The van der Waals surface area contributed by atoms with Gasteiger partial charge in [0, 0.05) is 6.42 Å². The largest absolute Gasteiger partial charge is 0.513 e. The second kappa shape index (κ2) is 14.7. The lowest BCUT2D eigenvalue weighted by molar-refractivity contribution is -0.159. The van der Waals surface area contributed by atoms with E-state index in [0.29, 0.717) is 5.56 Å². The maximum Gasteiger partial charge on any atom is 0.513 e. The van der Waals surface area contributed by atoms with Crippen LogP contribution in [0.15, 0.2) is 18.2 Å². The predicted octanol–water partition coefficient (Wildman–Crippen LogP) is 3.15. The van der Waals surface area contributed by atoms with Crippen LogP contribution in [0.4, 0.5) is 9.59 Å². The van der Waals surface area contributed by atoms with E-state index in [1.54, 1.807) is 20.8 Å². The van der Waals surface area contributed by atoms with E-state index in [1.807, 2.05) is 13.8 Å². The van der Waals surface area contributed by atoms with Crippen molar-refractivity contribution >= 4 is 24.2 Å². The molecule has 11 nitrogen and oxygen atoms in total. The monoisotopic (exact) mass is 483 g/mol. The molecule has 0 saturated carbocycles. The first-order chi connectivity index (χ1) is 16.0. The maximum absolute atomic E-state index is 12.3. The van der Waals surface area contributed by atoms with Gasteiger partial charge in [0.1, 0.15) is 18.8 Å². The smallest absolute Gasteiger partial charge is 0.461 e. The number of carbonyl (C=O) groups is 4. The Balaban J connectivity index is 2.78. The van der Waals surface area contributed by atoms with Crippen molar-refractivity contribution in [3.8, 4) is 11.5 Å². The summed E-state index contributed by atoms with van der Waals surface area (Å²) in [6.45, 7) is 8.64. The van der Waals surface area contributed by atoms with Crippen molar-refractivity contribution < 1.29 is 47.6 Å². The van der Waals surface area contributed by atoms with Crippen LogP contribution < -0.4 is 15.2 Å². The molecule has 0 heterocycles. The van der Waals surface area contributed by atoms with Crippen molar-refractivity contribution in [1.29, 1.82) is 0 Å². The predicted molar refractivity (Wildman–Crippen MR) is 119 cm³/mol. The summed E-state index contributed by atoms with van der Waals surface area (Å²) in [6.07, 6.45) is -2.31. The quantitative estimate of drug-likeness (QED) is 0.265. The standard InChI is InChI=1S/C23H33NO10/c1-6-29-22(27)33-18-9-8-16(12-19(18)34-23(28)30-7-2)11-17(24)21(26)31-13-15(5)32-20(25)10-14(3)4/h8-9,12,14-15,17H,6-7,10-11,13,24H2,1-5H3/t15-,17-/m0/s1. The molecule has 34 heavy (non-hydrogen) atoms. The Morgan fingerprint density at radius 1 is 0.882 bits per heavy atom. The molecule has 0 bridgehead atoms. The lowest BCUT2D eigenvalue weighted by Gasteiger charge is -2.17. The van der Waals surface area contributed by atoms with Crippen LogP contribution in [-0.4, -0.2) is 56.2 Å². The van der Waals surface area contributed by atoms with E-state index >= 15 is 0 Å². The number of rotatable bonds is 12. The zero-order valence-electron chi connectivity index (χ0n) is 20.2. The van der Waals surface area contributed by atoms with E-state index in [4.69, 9.17) is 34.2 Å². The Bertz CT molecular complexity index is 839. The molecule has 0 aliphatic rings. The third kappa shape index (κ3) is 11.0. The minimum atomic E-state index is -1.05. The summed E-state index contributed by atoms with van der Waals surface area (Å²) in [4.78, 5) is 47.4. The molecule has 0 radical (unpaired) electrons. The zero-order chi connectivity index (χ0) is 25.7. The van der Waals surface area contributed by atoms with Crippen LogP contribution in [0.5, 0.6) is 11.5 Å². The van der Waals surface area contributed by atoms with Gasteiger partial charge in [-0.15, -0.1) is 0 Å². The number of hydrogen-bond acceptors (Lipinski definition) is 11. The van der Waals surface area contributed by atoms with Crippen LogP contribution in [0.25, 0.3) is 0 Å². The minimum absolute atomic E-state index is 0.0270. The molecule has 0 aliphatic carbocycles. The van der Waals surface area contributed by atoms with Crippen molar-refractivity contribution in [3.63, 3.8) is 0 Å². The van der Waals surface area contributed by atoms with Crippen molar-refractivity contribution in [2.24, 2.45) is 11.7 Å². The highest BCUT2D eigenvalue weighted by Crippen LogP contribution is 2.30. The van der Waals surface area contributed by atoms with E-state index in [-0.39, 0.29) is 56.0 Å². The summed E-state index contributed by atoms with van der Waals surface area (Å²) in [7, 11) is 0. The molecule has 1 aromatic carbocycles. The van der Waals surface area contributed by atoms with Crippen molar-refractivity contribution in [2.75, 3.05) is 19.8 Å². The van der Waals surface area contributed by atoms with E-state index in [2.05, 4.69) is 0 Å². The molecule has 0 amide bonds. The van der Waals surface area contributed by atoms with Crippen molar-refractivity contribution in [3.05, 3.63) is 23.8 Å². The summed E-state index contributed by atoms with van der Waals surface area (Å²) in [5, 5.41) is 0. The van der Waals surface area contributed by atoms with Crippen LogP contribution in [-0.2, 0) is 35.0 Å². The molecule has 0 fully saturated rings. The minimum Gasteiger partial charge on any atom is -0.461 e. The highest BCUT2D eigenvalue weighted by molar-refractivity contribution is 5.76. The first-order valence-electron chi connectivity index (χ1n) is 11.0. The topological polar surface area (TPSA) is 150 Å². The number of hydrogen-bond donors (Lipinski definition) is 1. The SMILES string of the molecule is CCOC(=O)Oc1ccc(C[C@H](N)C(=O)OC[C@H](C)OC(=O)CC(C)C)cc1OC(=O)OCC. The molecule has 0 aliphatic heterocycles. The zero-order valence-corrected chi connectivity index (χ0v) is 20.2. The molecule has 190 valence electrons. The van der Waals surface area contributed by atoms with Crippen LogP contribution in [0.1, 0.15) is 46.6 Å². The normalized spacial score (nSPS) is 12.3. The Kier molecular flexibility index (Phi) is 12.4. The Morgan fingerprint density at radius 2 is 1.47 bits per heavy atom. The van der Waals surface area contributed by atoms with Gasteiger partial charge in [0.2, 0.25) is 0 Å². The summed E-state index contributed by atoms with van der Waals surface area (Å²) < 4.78 is 29.9. The second-order valence-electron chi connectivity index (χ2n) is 7.69. The maximum atomic E-state index is 12.3. The molecule has 0 aromatic heterocycles. The van der Waals surface area contributed by atoms with E-state index in [0.717, 1.165) is 0 Å². The van der Waals surface area contributed by atoms with Crippen LogP contribution in [0.2, 0.25) is 0 Å². The molecule has 11 heteroatoms. The molecule has 0 unspecified atom stereocenters. The summed E-state index contributed by atoms with van der Waals surface area (Å²) in [6, 6.07) is 3.24. The molecular weight excluding hydrogens is 450 g/mol. The summed E-state index contributed by atoms with van der Waals surface area (Å²) in [5.74, 6) is -1.12. The third-order valence-electron chi connectivity index (χ3n) is 4.05. The average molecular weight is 484 g/mol. The fourth-order valence-electron chi connectivity index (χ4n) is 2.60. The van der Waals surface area contributed by atoms with Gasteiger partial charge < -0.3 is 34.2 Å². The highest BCUT2D eigenvalue weighted by atomic mass is 16.7. The van der Waals surface area contributed by atoms with Crippen LogP contribution in [0.3, 0.4) is 0 Å². The summed E-state index contributed by atoms with van der Waals surface area (Å²) in [5.41, 5.74) is 6.44. The fourth-order valence-corrected chi connectivity index (χ4v) is 2.60. The van der Waals surface area contributed by atoms with Crippen molar-refractivity contribution in [2.45, 2.75) is 59.6 Å². The fraction of sp³-hybridized carbons (Fsp3) is 0.565. The lowest BCUT2D eigenvalue weighted by Crippen LogP contribution is -2.36. The number of ether oxygens (including phenoxy) is 6. The first kappa shape index (κ1) is 28.7. The summed E-state index contributed by atoms with van der Waals surface area (Å²) >= 11 is 0. The average Bonchev–Trinajstić information content (AvgIpc) is 2.73. The van der Waals surface area contributed by atoms with Crippen molar-refractivity contribution in [1.82, 2.24) is 0 Å². The highest BCUT2D eigenvalue weighted by Gasteiger charge is 2.21. The molecule has 0 saturated heterocycles. The molecule has 2 N–H and O–H groups in total. The van der Waals surface area contributed by atoms with E-state index in [1.165, 1.54) is 18.2 Å². The molecule has 1 rings (SSSR count). The van der Waals surface area contributed by atoms with Gasteiger partial charge in [-0.3, -0.25) is 9.59 Å². The van der Waals surface area contributed by atoms with Gasteiger partial charge in [-0.05, 0) is 50.8 Å².